The molecule has 0 amide bonds. The predicted molar refractivity (Wildman–Crippen MR) is 76.7 cm³/mol. The molecule has 20 heavy (non-hydrogen) atoms. The summed E-state index contributed by atoms with van der Waals surface area (Å²) in [5.74, 6) is 0. The summed E-state index contributed by atoms with van der Waals surface area (Å²) in [7, 11) is -3.64. The Morgan fingerprint density at radius 3 is 2.45 bits per heavy atom. The molecule has 0 fully saturated rings. The highest BCUT2D eigenvalue weighted by Crippen LogP contribution is 2.19. The lowest BCUT2D eigenvalue weighted by Crippen LogP contribution is -2.11. The number of nitrogens with two attached hydrogens (primary N) is 1. The molecule has 2 aromatic carbocycles. The van der Waals surface area contributed by atoms with Gasteiger partial charge in [0.2, 0.25) is 10.0 Å². The molecule has 0 unspecified atom stereocenters. The van der Waals surface area contributed by atoms with Crippen LogP contribution < -0.4 is 5.14 Å². The molecule has 0 saturated heterocycles. The summed E-state index contributed by atoms with van der Waals surface area (Å²) in [6, 6.07) is 14.4. The second-order valence-electron chi connectivity index (χ2n) is 4.59. The first-order valence-corrected chi connectivity index (χ1v) is 7.62. The topological polar surface area (TPSA) is 88.8 Å². The van der Waals surface area contributed by atoms with Gasteiger partial charge in [-0.1, -0.05) is 30.3 Å². The summed E-state index contributed by atoms with van der Waals surface area (Å²) in [5.41, 5.74) is 2.92. The number of hydrogen-bond donors (Lipinski definition) is 2. The normalized spacial score (nSPS) is 11.8. The van der Waals surface area contributed by atoms with Gasteiger partial charge in [0.15, 0.2) is 0 Å². The SMILES string of the molecule is NS(=O)(=O)c1ccc(Cc2[nH]nc3ccccc23)cc1. The number of nitrogens with zero attached hydrogens (tertiary/aromatic N) is 1. The number of fused-ring (bicyclic) bond motifs is 1. The van der Waals surface area contributed by atoms with Gasteiger partial charge in [-0.2, -0.15) is 5.10 Å². The molecule has 0 aliphatic rings. The molecule has 3 N–H and O–H groups in total. The van der Waals surface area contributed by atoms with E-state index < -0.39 is 10.0 Å². The van der Waals surface area contributed by atoms with Crippen molar-refractivity contribution >= 4 is 20.9 Å². The van der Waals surface area contributed by atoms with E-state index in [1.807, 2.05) is 24.3 Å². The minimum atomic E-state index is -3.64. The highest BCUT2D eigenvalue weighted by molar-refractivity contribution is 7.89. The number of primary sulfonamides is 1. The molecular formula is C14H13N3O2S. The maximum atomic E-state index is 11.2. The monoisotopic (exact) mass is 287 g/mol. The number of H-pyrrole nitrogens is 1. The molecule has 0 atom stereocenters. The fraction of sp³-hybridized carbons (Fsp3) is 0.0714. The number of rotatable bonds is 3. The lowest BCUT2D eigenvalue weighted by atomic mass is 10.1. The Hall–Kier alpha value is -2.18. The van der Waals surface area contributed by atoms with Crippen LogP contribution in [0.15, 0.2) is 53.4 Å². The summed E-state index contributed by atoms with van der Waals surface area (Å²) in [5, 5.41) is 13.4. The van der Waals surface area contributed by atoms with Crippen LogP contribution in [-0.4, -0.2) is 18.6 Å². The van der Waals surface area contributed by atoms with Crippen LogP contribution in [0, 0.1) is 0 Å². The van der Waals surface area contributed by atoms with Crippen molar-refractivity contribution in [2.24, 2.45) is 5.14 Å². The third kappa shape index (κ3) is 2.43. The van der Waals surface area contributed by atoms with Crippen molar-refractivity contribution < 1.29 is 8.42 Å². The van der Waals surface area contributed by atoms with Crippen LogP contribution in [0.2, 0.25) is 0 Å². The summed E-state index contributed by atoms with van der Waals surface area (Å²) >= 11 is 0. The maximum absolute atomic E-state index is 11.2. The van der Waals surface area contributed by atoms with Gasteiger partial charge in [0, 0.05) is 17.5 Å². The molecule has 1 heterocycles. The van der Waals surface area contributed by atoms with Gasteiger partial charge in [-0.15, -0.1) is 0 Å². The highest BCUT2D eigenvalue weighted by Gasteiger charge is 2.08. The van der Waals surface area contributed by atoms with Gasteiger partial charge in [0.25, 0.3) is 0 Å². The van der Waals surface area contributed by atoms with Crippen molar-refractivity contribution in [1.29, 1.82) is 0 Å². The van der Waals surface area contributed by atoms with Crippen LogP contribution in [0.3, 0.4) is 0 Å². The Bertz CT molecular complexity index is 852. The predicted octanol–water partition coefficient (Wildman–Crippen LogP) is 1.80. The number of aromatic amines is 1. The smallest absolute Gasteiger partial charge is 0.238 e. The van der Waals surface area contributed by atoms with Crippen LogP contribution in [0.25, 0.3) is 10.9 Å². The van der Waals surface area contributed by atoms with Gasteiger partial charge in [0.1, 0.15) is 0 Å². The van der Waals surface area contributed by atoms with E-state index in [1.165, 1.54) is 12.1 Å². The van der Waals surface area contributed by atoms with Crippen molar-refractivity contribution in [2.45, 2.75) is 11.3 Å². The minimum absolute atomic E-state index is 0.121. The molecular weight excluding hydrogens is 274 g/mol. The van der Waals surface area contributed by atoms with Crippen LogP contribution in [0.5, 0.6) is 0 Å². The maximum Gasteiger partial charge on any atom is 0.238 e. The van der Waals surface area contributed by atoms with Crippen molar-refractivity contribution in [3.05, 3.63) is 59.8 Å². The molecule has 3 rings (SSSR count). The third-order valence-corrected chi connectivity index (χ3v) is 4.10. The molecule has 0 aliphatic carbocycles. The molecule has 0 aliphatic heterocycles. The van der Waals surface area contributed by atoms with E-state index in [9.17, 15) is 8.42 Å². The molecule has 0 radical (unpaired) electrons. The van der Waals surface area contributed by atoms with E-state index in [2.05, 4.69) is 10.2 Å². The Morgan fingerprint density at radius 2 is 1.75 bits per heavy atom. The van der Waals surface area contributed by atoms with Crippen molar-refractivity contribution in [1.82, 2.24) is 10.2 Å². The summed E-state index contributed by atoms with van der Waals surface area (Å²) < 4.78 is 22.4. The number of aromatic nitrogens is 2. The second-order valence-corrected chi connectivity index (χ2v) is 6.15. The van der Waals surface area contributed by atoms with E-state index >= 15 is 0 Å². The number of sulfonamides is 1. The Labute approximate surface area is 116 Å². The van der Waals surface area contributed by atoms with Gasteiger partial charge in [-0.3, -0.25) is 5.10 Å². The zero-order valence-corrected chi connectivity index (χ0v) is 11.4. The largest absolute Gasteiger partial charge is 0.281 e. The van der Waals surface area contributed by atoms with E-state index in [4.69, 9.17) is 5.14 Å². The van der Waals surface area contributed by atoms with Crippen LogP contribution in [-0.2, 0) is 16.4 Å². The Balaban J connectivity index is 1.92. The average Bonchev–Trinajstić information content (AvgIpc) is 2.82. The molecule has 3 aromatic rings. The molecule has 0 saturated carbocycles. The quantitative estimate of drug-likeness (QED) is 0.769. The van der Waals surface area contributed by atoms with E-state index in [0.717, 1.165) is 22.2 Å². The summed E-state index contributed by atoms with van der Waals surface area (Å²) in [6.07, 6.45) is 0.658. The zero-order chi connectivity index (χ0) is 14.2. The average molecular weight is 287 g/mol. The van der Waals surface area contributed by atoms with Crippen LogP contribution >= 0.6 is 0 Å². The van der Waals surface area contributed by atoms with Crippen LogP contribution in [0.1, 0.15) is 11.3 Å². The van der Waals surface area contributed by atoms with Gasteiger partial charge < -0.3 is 0 Å². The van der Waals surface area contributed by atoms with Crippen molar-refractivity contribution in [3.8, 4) is 0 Å². The number of benzene rings is 2. The standard InChI is InChI=1S/C14H13N3O2S/c15-20(18,19)11-7-5-10(6-8-11)9-14-12-3-1-2-4-13(12)16-17-14/h1-8H,9H2,(H,16,17)(H2,15,18,19). The van der Waals surface area contributed by atoms with Crippen molar-refractivity contribution in [3.63, 3.8) is 0 Å². The van der Waals surface area contributed by atoms with Crippen LogP contribution in [0.4, 0.5) is 0 Å². The Kier molecular flexibility index (Phi) is 3.04. The lowest BCUT2D eigenvalue weighted by molar-refractivity contribution is 0.598. The lowest BCUT2D eigenvalue weighted by Gasteiger charge is -2.02. The van der Waals surface area contributed by atoms with Gasteiger partial charge >= 0.3 is 0 Å². The first kappa shape index (κ1) is 12.8. The Morgan fingerprint density at radius 1 is 1.05 bits per heavy atom. The molecule has 6 heteroatoms. The fourth-order valence-corrected chi connectivity index (χ4v) is 2.67. The molecule has 0 bridgehead atoms. The number of hydrogen-bond acceptors (Lipinski definition) is 3. The van der Waals surface area contributed by atoms with Gasteiger partial charge in [-0.05, 0) is 23.8 Å². The molecule has 0 spiro atoms. The zero-order valence-electron chi connectivity index (χ0n) is 10.6. The van der Waals surface area contributed by atoms with E-state index in [1.54, 1.807) is 12.1 Å². The summed E-state index contributed by atoms with van der Waals surface area (Å²) in [4.78, 5) is 0.121. The first-order chi connectivity index (χ1) is 9.54. The van der Waals surface area contributed by atoms with Gasteiger partial charge in [0.05, 0.1) is 10.4 Å². The molecule has 5 nitrogen and oxygen atoms in total. The second kappa shape index (κ2) is 4.73. The number of nitrogens with one attached hydrogen (secondary N) is 1. The minimum Gasteiger partial charge on any atom is -0.281 e. The molecule has 1 aromatic heterocycles. The fourth-order valence-electron chi connectivity index (χ4n) is 2.15. The van der Waals surface area contributed by atoms with E-state index in [0.29, 0.717) is 6.42 Å². The summed E-state index contributed by atoms with van der Waals surface area (Å²) in [6.45, 7) is 0. The first-order valence-electron chi connectivity index (χ1n) is 6.08. The van der Waals surface area contributed by atoms with Gasteiger partial charge in [-0.25, -0.2) is 13.6 Å². The highest BCUT2D eigenvalue weighted by atomic mass is 32.2. The third-order valence-electron chi connectivity index (χ3n) is 3.17. The van der Waals surface area contributed by atoms with E-state index in [-0.39, 0.29) is 4.90 Å². The van der Waals surface area contributed by atoms with Crippen molar-refractivity contribution in [2.75, 3.05) is 0 Å². The molecule has 102 valence electrons. The number of para-hydroxylation sites is 1.